The highest BCUT2D eigenvalue weighted by molar-refractivity contribution is 9.10. The van der Waals surface area contributed by atoms with Gasteiger partial charge in [-0.3, -0.25) is 0 Å². The molecule has 2 heteroatoms. The summed E-state index contributed by atoms with van der Waals surface area (Å²) in [7, 11) is 0. The molecule has 0 fully saturated rings. The molecule has 0 aromatic heterocycles. The molecule has 1 nitrogen and oxygen atoms in total. The minimum Gasteiger partial charge on any atom is -0.506 e. The van der Waals surface area contributed by atoms with E-state index in [1.165, 1.54) is 0 Å². The Balaban J connectivity index is 3.00. The number of para-hydroxylation sites is 1. The van der Waals surface area contributed by atoms with Crippen molar-refractivity contribution >= 4 is 15.9 Å². The highest BCUT2D eigenvalue weighted by Crippen LogP contribution is 2.28. The van der Waals surface area contributed by atoms with Crippen LogP contribution in [-0.4, -0.2) is 5.11 Å². The lowest BCUT2D eigenvalue weighted by Crippen LogP contribution is -1.86. The normalized spacial score (nSPS) is 9.83. The molecule has 0 aliphatic carbocycles. The van der Waals surface area contributed by atoms with Crippen molar-refractivity contribution in [3.8, 4) is 5.75 Å². The van der Waals surface area contributed by atoms with Crippen LogP contribution in [0, 0.1) is 0 Å². The minimum absolute atomic E-state index is 0.320. The summed E-state index contributed by atoms with van der Waals surface area (Å²) in [6, 6.07) is 5.62. The second-order valence-electron chi connectivity index (χ2n) is 2.88. The second-order valence-corrected chi connectivity index (χ2v) is 3.74. The third kappa shape index (κ3) is 2.11. The summed E-state index contributed by atoms with van der Waals surface area (Å²) in [5, 5.41) is 9.56. The number of halogens is 1. The first-order valence-electron chi connectivity index (χ1n) is 3.72. The maximum atomic E-state index is 9.56. The third-order valence-corrected chi connectivity index (χ3v) is 2.20. The Labute approximate surface area is 80.9 Å². The first-order chi connectivity index (χ1) is 5.61. The second kappa shape index (κ2) is 3.76. The summed E-state index contributed by atoms with van der Waals surface area (Å²) in [5.41, 5.74) is 1.96. The predicted molar refractivity (Wildman–Crippen MR) is 54.3 cm³/mol. The van der Waals surface area contributed by atoms with E-state index >= 15 is 0 Å². The largest absolute Gasteiger partial charge is 0.506 e. The Hall–Kier alpha value is -0.760. The first kappa shape index (κ1) is 9.33. The molecule has 0 aliphatic heterocycles. The van der Waals surface area contributed by atoms with Crippen molar-refractivity contribution in [2.24, 2.45) is 0 Å². The number of hydrogen-bond acceptors (Lipinski definition) is 1. The molecule has 0 spiro atoms. The van der Waals surface area contributed by atoms with Gasteiger partial charge in [0.2, 0.25) is 0 Å². The van der Waals surface area contributed by atoms with E-state index in [1.807, 2.05) is 25.1 Å². The Morgan fingerprint density at radius 3 is 2.83 bits per heavy atom. The summed E-state index contributed by atoms with van der Waals surface area (Å²) in [5.74, 6) is 0.320. The molecule has 12 heavy (non-hydrogen) atoms. The van der Waals surface area contributed by atoms with Crippen LogP contribution in [0.25, 0.3) is 0 Å². The van der Waals surface area contributed by atoms with Gasteiger partial charge in [0.15, 0.2) is 0 Å². The van der Waals surface area contributed by atoms with Crippen LogP contribution in [0.1, 0.15) is 12.5 Å². The fraction of sp³-hybridized carbons (Fsp3) is 0.200. The molecule has 1 N–H and O–H groups in total. The Kier molecular flexibility index (Phi) is 2.93. The highest BCUT2D eigenvalue weighted by atomic mass is 79.9. The summed E-state index contributed by atoms with van der Waals surface area (Å²) >= 11 is 3.26. The van der Waals surface area contributed by atoms with Crippen LogP contribution < -0.4 is 0 Å². The van der Waals surface area contributed by atoms with Crippen LogP contribution >= 0.6 is 15.9 Å². The van der Waals surface area contributed by atoms with Gasteiger partial charge >= 0.3 is 0 Å². The summed E-state index contributed by atoms with van der Waals surface area (Å²) in [6.07, 6.45) is 0.727. The van der Waals surface area contributed by atoms with Gasteiger partial charge in [0.05, 0.1) is 4.47 Å². The molecule has 1 aromatic carbocycles. The number of phenols is 1. The smallest absolute Gasteiger partial charge is 0.133 e. The van der Waals surface area contributed by atoms with Gasteiger partial charge in [-0.2, -0.15) is 0 Å². The van der Waals surface area contributed by atoms with Crippen LogP contribution in [0.2, 0.25) is 0 Å². The van der Waals surface area contributed by atoms with Gasteiger partial charge in [0.1, 0.15) is 5.75 Å². The highest BCUT2D eigenvalue weighted by Gasteiger charge is 2.03. The monoisotopic (exact) mass is 226 g/mol. The molecular formula is C10H11BrO. The standard InChI is InChI=1S/C10H11BrO/c1-7(2)6-8-4-3-5-9(11)10(8)12/h3-5,12H,1,6H2,2H3. The molecule has 0 unspecified atom stereocenters. The summed E-state index contributed by atoms with van der Waals surface area (Å²) in [6.45, 7) is 5.74. The van der Waals surface area contributed by atoms with Crippen molar-refractivity contribution in [3.05, 3.63) is 40.4 Å². The molecule has 1 rings (SSSR count). The van der Waals surface area contributed by atoms with E-state index in [0.717, 1.165) is 22.0 Å². The van der Waals surface area contributed by atoms with E-state index in [9.17, 15) is 5.11 Å². The molecule has 0 aliphatic rings. The van der Waals surface area contributed by atoms with Crippen molar-refractivity contribution in [2.75, 3.05) is 0 Å². The number of phenolic OH excluding ortho intramolecular Hbond substituents is 1. The third-order valence-electron chi connectivity index (χ3n) is 1.56. The van der Waals surface area contributed by atoms with Crippen LogP contribution in [0.5, 0.6) is 5.75 Å². The van der Waals surface area contributed by atoms with E-state index < -0.39 is 0 Å². The zero-order chi connectivity index (χ0) is 9.14. The zero-order valence-electron chi connectivity index (χ0n) is 6.97. The van der Waals surface area contributed by atoms with Gasteiger partial charge < -0.3 is 5.11 Å². The first-order valence-corrected chi connectivity index (χ1v) is 4.51. The van der Waals surface area contributed by atoms with E-state index in [4.69, 9.17) is 0 Å². The van der Waals surface area contributed by atoms with Crippen molar-refractivity contribution in [1.82, 2.24) is 0 Å². The summed E-state index contributed by atoms with van der Waals surface area (Å²) in [4.78, 5) is 0. The van der Waals surface area contributed by atoms with E-state index in [0.29, 0.717) is 5.75 Å². The van der Waals surface area contributed by atoms with Crippen LogP contribution in [-0.2, 0) is 6.42 Å². The molecular weight excluding hydrogens is 216 g/mol. The molecule has 0 amide bonds. The minimum atomic E-state index is 0.320. The van der Waals surface area contributed by atoms with Gasteiger partial charge in [-0.25, -0.2) is 0 Å². The molecule has 1 aromatic rings. The molecule has 0 heterocycles. The topological polar surface area (TPSA) is 20.2 Å². The average molecular weight is 227 g/mol. The number of aromatic hydroxyl groups is 1. The molecule has 0 saturated carbocycles. The number of allylic oxidation sites excluding steroid dienone is 1. The average Bonchev–Trinajstić information content (AvgIpc) is 1.98. The predicted octanol–water partition coefficient (Wildman–Crippen LogP) is 3.27. The maximum absolute atomic E-state index is 9.56. The van der Waals surface area contributed by atoms with Crippen LogP contribution in [0.15, 0.2) is 34.8 Å². The van der Waals surface area contributed by atoms with Crippen molar-refractivity contribution in [3.63, 3.8) is 0 Å². The Morgan fingerprint density at radius 1 is 1.58 bits per heavy atom. The molecule has 64 valence electrons. The molecule has 0 bridgehead atoms. The van der Waals surface area contributed by atoms with Gasteiger partial charge in [-0.05, 0) is 40.9 Å². The van der Waals surface area contributed by atoms with Crippen molar-refractivity contribution in [2.45, 2.75) is 13.3 Å². The fourth-order valence-electron chi connectivity index (χ4n) is 1.03. The lowest BCUT2D eigenvalue weighted by atomic mass is 10.1. The molecule has 0 atom stereocenters. The Bertz CT molecular complexity index is 305. The Morgan fingerprint density at radius 2 is 2.25 bits per heavy atom. The quantitative estimate of drug-likeness (QED) is 0.768. The lowest BCUT2D eigenvalue weighted by molar-refractivity contribution is 0.466. The summed E-state index contributed by atoms with van der Waals surface area (Å²) < 4.78 is 0.737. The van der Waals surface area contributed by atoms with Crippen molar-refractivity contribution < 1.29 is 5.11 Å². The van der Waals surface area contributed by atoms with Gasteiger partial charge in [0.25, 0.3) is 0 Å². The van der Waals surface area contributed by atoms with Gasteiger partial charge in [-0.15, -0.1) is 0 Å². The van der Waals surface area contributed by atoms with E-state index in [1.54, 1.807) is 0 Å². The maximum Gasteiger partial charge on any atom is 0.133 e. The molecule has 0 radical (unpaired) electrons. The van der Waals surface area contributed by atoms with Crippen molar-refractivity contribution in [1.29, 1.82) is 0 Å². The van der Waals surface area contributed by atoms with Crippen LogP contribution in [0.4, 0.5) is 0 Å². The fourth-order valence-corrected chi connectivity index (χ4v) is 1.44. The number of hydrogen-bond donors (Lipinski definition) is 1. The van der Waals surface area contributed by atoms with E-state index in [2.05, 4.69) is 22.5 Å². The number of rotatable bonds is 2. The lowest BCUT2D eigenvalue weighted by Gasteiger charge is -2.04. The number of benzene rings is 1. The van der Waals surface area contributed by atoms with Crippen LogP contribution in [0.3, 0.4) is 0 Å². The molecule has 0 saturated heterocycles. The van der Waals surface area contributed by atoms with Gasteiger partial charge in [0, 0.05) is 0 Å². The SMILES string of the molecule is C=C(C)Cc1cccc(Br)c1O. The zero-order valence-corrected chi connectivity index (χ0v) is 8.56. The van der Waals surface area contributed by atoms with Gasteiger partial charge in [-0.1, -0.05) is 24.3 Å². The van der Waals surface area contributed by atoms with E-state index in [-0.39, 0.29) is 0 Å².